The highest BCUT2D eigenvalue weighted by atomic mass is 19.1. The molecule has 1 amide bonds. The summed E-state index contributed by atoms with van der Waals surface area (Å²) < 4.78 is 13.9. The third-order valence-corrected chi connectivity index (χ3v) is 5.21. The molecule has 1 aliphatic heterocycles. The van der Waals surface area contributed by atoms with E-state index in [0.29, 0.717) is 22.4 Å². The highest BCUT2D eigenvalue weighted by Crippen LogP contribution is 2.38. The van der Waals surface area contributed by atoms with Crippen molar-refractivity contribution in [1.82, 2.24) is 0 Å². The Morgan fingerprint density at radius 2 is 1.85 bits per heavy atom. The molecule has 1 heterocycles. The second-order valence-electron chi connectivity index (χ2n) is 7.50. The minimum Gasteiger partial charge on any atom is -0.505 e. The predicted molar refractivity (Wildman–Crippen MR) is 121 cm³/mol. The van der Waals surface area contributed by atoms with E-state index in [-0.39, 0.29) is 22.7 Å². The molecule has 8 nitrogen and oxygen atoms in total. The molecular formula is C24H19FN4O4. The number of rotatable bonds is 5. The Balaban J connectivity index is 1.61. The maximum atomic E-state index is 13.9. The zero-order valence-electron chi connectivity index (χ0n) is 17.7. The van der Waals surface area contributed by atoms with Crippen molar-refractivity contribution in [3.05, 3.63) is 77.6 Å². The molecule has 0 saturated carbocycles. The summed E-state index contributed by atoms with van der Waals surface area (Å²) in [6.07, 6.45) is 0. The van der Waals surface area contributed by atoms with Gasteiger partial charge in [0.25, 0.3) is 5.91 Å². The number of anilines is 1. The van der Waals surface area contributed by atoms with E-state index in [9.17, 15) is 24.2 Å². The molecule has 0 aliphatic carbocycles. The summed E-state index contributed by atoms with van der Waals surface area (Å²) in [5, 5.41) is 33.3. The van der Waals surface area contributed by atoms with Crippen molar-refractivity contribution in [2.24, 2.45) is 15.3 Å². The molecule has 0 fully saturated rings. The molecule has 1 unspecified atom stereocenters. The largest absolute Gasteiger partial charge is 0.505 e. The van der Waals surface area contributed by atoms with Gasteiger partial charge in [-0.05, 0) is 55.3 Å². The van der Waals surface area contributed by atoms with E-state index in [1.165, 1.54) is 24.3 Å². The maximum absolute atomic E-state index is 13.9. The fourth-order valence-electron chi connectivity index (χ4n) is 3.37. The first-order chi connectivity index (χ1) is 15.8. The molecule has 3 aromatic rings. The van der Waals surface area contributed by atoms with Crippen LogP contribution in [-0.4, -0.2) is 33.8 Å². The number of hydrogen-bond acceptors (Lipinski definition) is 6. The van der Waals surface area contributed by atoms with Gasteiger partial charge in [-0.15, -0.1) is 0 Å². The Morgan fingerprint density at radius 1 is 1.09 bits per heavy atom. The molecule has 0 bridgehead atoms. The first kappa shape index (κ1) is 21.8. The average Bonchev–Trinajstić information content (AvgIpc) is 3.08. The van der Waals surface area contributed by atoms with Gasteiger partial charge in [-0.3, -0.25) is 4.79 Å². The van der Waals surface area contributed by atoms with Gasteiger partial charge < -0.3 is 10.2 Å². The van der Waals surface area contributed by atoms with Crippen LogP contribution in [0.4, 0.5) is 15.8 Å². The number of aryl methyl sites for hydroxylation is 1. The van der Waals surface area contributed by atoms with Gasteiger partial charge in [0, 0.05) is 5.56 Å². The summed E-state index contributed by atoms with van der Waals surface area (Å²) in [5.74, 6) is -2.24. The first-order valence-electron chi connectivity index (χ1n) is 9.98. The molecule has 4 rings (SSSR count). The third kappa shape index (κ3) is 4.20. The number of carboxylic acid groups (broad SMARTS) is 1. The zero-order valence-corrected chi connectivity index (χ0v) is 17.7. The molecule has 166 valence electrons. The van der Waals surface area contributed by atoms with Gasteiger partial charge in [-0.25, -0.2) is 9.18 Å². The second kappa shape index (κ2) is 8.62. The maximum Gasteiger partial charge on any atom is 0.335 e. The number of aromatic hydroxyl groups is 1. The fraction of sp³-hybridized carbons (Fsp3) is 0.125. The number of para-hydroxylation sites is 1. The molecule has 33 heavy (non-hydrogen) atoms. The van der Waals surface area contributed by atoms with Crippen molar-refractivity contribution in [2.75, 3.05) is 5.01 Å². The highest BCUT2D eigenvalue weighted by Gasteiger charge is 2.35. The number of hydrazone groups is 1. The lowest BCUT2D eigenvalue weighted by Gasteiger charge is -2.13. The monoisotopic (exact) mass is 446 g/mol. The number of carbonyl (C=O) groups is 2. The van der Waals surface area contributed by atoms with E-state index in [2.05, 4.69) is 15.3 Å². The van der Waals surface area contributed by atoms with Crippen molar-refractivity contribution < 1.29 is 24.2 Å². The Kier molecular flexibility index (Phi) is 5.70. The number of phenolic OH excluding ortho intramolecular Hbond substituents is 1. The van der Waals surface area contributed by atoms with E-state index in [1.807, 2.05) is 0 Å². The molecule has 0 saturated heterocycles. The molecule has 1 atom stereocenters. The van der Waals surface area contributed by atoms with Crippen molar-refractivity contribution >= 4 is 29.0 Å². The smallest absolute Gasteiger partial charge is 0.335 e. The van der Waals surface area contributed by atoms with Crippen LogP contribution in [0.5, 0.6) is 5.75 Å². The zero-order chi connectivity index (χ0) is 23.7. The quantitative estimate of drug-likeness (QED) is 0.532. The van der Waals surface area contributed by atoms with Crippen LogP contribution in [0.1, 0.15) is 22.8 Å². The standard InChI is InChI=1S/C24H19FN4O4/c1-13-9-10-17(12-19(13)25)29-23(31)21(14(2)28-29)27-26-20-8-4-7-18(22(20)30)15-5-3-6-16(11-15)24(32)33/h3-12,21,30H,1-2H3,(H,32,33). The van der Waals surface area contributed by atoms with Gasteiger partial charge in [-0.2, -0.15) is 20.3 Å². The number of carboxylic acids is 1. The highest BCUT2D eigenvalue weighted by molar-refractivity contribution is 6.18. The Hall–Kier alpha value is -4.40. The molecule has 0 aromatic heterocycles. The van der Waals surface area contributed by atoms with Crippen molar-refractivity contribution in [1.29, 1.82) is 0 Å². The molecular weight excluding hydrogens is 427 g/mol. The number of halogens is 1. The van der Waals surface area contributed by atoms with Gasteiger partial charge in [0.2, 0.25) is 0 Å². The van der Waals surface area contributed by atoms with Crippen LogP contribution < -0.4 is 5.01 Å². The fourth-order valence-corrected chi connectivity index (χ4v) is 3.37. The number of nitrogens with zero attached hydrogens (tertiary/aromatic N) is 4. The summed E-state index contributed by atoms with van der Waals surface area (Å²) in [4.78, 5) is 24.1. The van der Waals surface area contributed by atoms with E-state index in [1.54, 1.807) is 50.2 Å². The third-order valence-electron chi connectivity index (χ3n) is 5.21. The minimum atomic E-state index is -1.08. The van der Waals surface area contributed by atoms with Crippen LogP contribution in [0.15, 0.2) is 76.0 Å². The summed E-state index contributed by atoms with van der Waals surface area (Å²) in [7, 11) is 0. The van der Waals surface area contributed by atoms with Gasteiger partial charge in [0.05, 0.1) is 17.0 Å². The summed E-state index contributed by atoms with van der Waals surface area (Å²) in [6.45, 7) is 3.23. The van der Waals surface area contributed by atoms with Crippen molar-refractivity contribution in [2.45, 2.75) is 19.9 Å². The lowest BCUT2D eigenvalue weighted by atomic mass is 10.0. The molecule has 3 aromatic carbocycles. The SMILES string of the molecule is CC1=NN(c2ccc(C)c(F)c2)C(=O)C1N=Nc1cccc(-c2cccc(C(=O)O)c2)c1O. The van der Waals surface area contributed by atoms with Crippen LogP contribution in [0.25, 0.3) is 11.1 Å². The molecule has 2 N–H and O–H groups in total. The number of aromatic carboxylic acids is 1. The lowest BCUT2D eigenvalue weighted by molar-refractivity contribution is -0.117. The van der Waals surface area contributed by atoms with Crippen LogP contribution >= 0.6 is 0 Å². The van der Waals surface area contributed by atoms with Crippen LogP contribution in [0, 0.1) is 12.7 Å². The topological polar surface area (TPSA) is 115 Å². The van der Waals surface area contributed by atoms with E-state index < -0.39 is 23.7 Å². The predicted octanol–water partition coefficient (Wildman–Crippen LogP) is 5.08. The van der Waals surface area contributed by atoms with Gasteiger partial charge in [0.1, 0.15) is 11.5 Å². The number of amides is 1. The lowest BCUT2D eigenvalue weighted by Crippen LogP contribution is -2.29. The van der Waals surface area contributed by atoms with E-state index >= 15 is 0 Å². The Labute approximate surface area is 188 Å². The first-order valence-corrected chi connectivity index (χ1v) is 9.98. The van der Waals surface area contributed by atoms with Crippen LogP contribution in [0.2, 0.25) is 0 Å². The van der Waals surface area contributed by atoms with Crippen molar-refractivity contribution in [3.8, 4) is 16.9 Å². The number of hydrogen-bond donors (Lipinski definition) is 2. The summed E-state index contributed by atoms with van der Waals surface area (Å²) in [6, 6.07) is 14.3. The Bertz CT molecular complexity index is 1340. The van der Waals surface area contributed by atoms with Gasteiger partial charge in [-0.1, -0.05) is 30.3 Å². The Morgan fingerprint density at radius 3 is 2.58 bits per heavy atom. The van der Waals surface area contributed by atoms with Crippen LogP contribution in [-0.2, 0) is 4.79 Å². The average molecular weight is 446 g/mol. The molecule has 1 aliphatic rings. The number of benzene rings is 3. The normalized spacial score (nSPS) is 15.8. The van der Waals surface area contributed by atoms with Gasteiger partial charge >= 0.3 is 5.97 Å². The molecule has 0 radical (unpaired) electrons. The minimum absolute atomic E-state index is 0.0787. The number of phenols is 1. The summed E-state index contributed by atoms with van der Waals surface area (Å²) in [5.41, 5.74) is 2.15. The number of azo groups is 1. The second-order valence-corrected chi connectivity index (χ2v) is 7.50. The number of carbonyl (C=O) groups excluding carboxylic acids is 1. The van der Waals surface area contributed by atoms with E-state index in [0.717, 1.165) is 5.01 Å². The summed E-state index contributed by atoms with van der Waals surface area (Å²) >= 11 is 0. The van der Waals surface area contributed by atoms with Gasteiger partial charge in [0.15, 0.2) is 11.8 Å². The molecule has 0 spiro atoms. The van der Waals surface area contributed by atoms with Crippen LogP contribution in [0.3, 0.4) is 0 Å². The molecule has 9 heteroatoms. The van der Waals surface area contributed by atoms with Crippen molar-refractivity contribution in [3.63, 3.8) is 0 Å². The van der Waals surface area contributed by atoms with E-state index in [4.69, 9.17) is 0 Å².